The van der Waals surface area contributed by atoms with Gasteiger partial charge in [-0.15, -0.1) is 0 Å². The summed E-state index contributed by atoms with van der Waals surface area (Å²) in [5.41, 5.74) is 12.6. The lowest BCUT2D eigenvalue weighted by atomic mass is 10.1. The van der Waals surface area contributed by atoms with Gasteiger partial charge in [-0.1, -0.05) is 6.07 Å². The maximum Gasteiger partial charge on any atom is 0.0852 e. The van der Waals surface area contributed by atoms with Crippen molar-refractivity contribution in [3.05, 3.63) is 29.6 Å². The molecule has 66 valence electrons. The summed E-state index contributed by atoms with van der Waals surface area (Å²) < 4.78 is 0. The van der Waals surface area contributed by atoms with Gasteiger partial charge < -0.3 is 16.6 Å². The van der Waals surface area contributed by atoms with Crippen LogP contribution in [0.2, 0.25) is 0 Å². The lowest BCUT2D eigenvalue weighted by Gasteiger charge is -2.07. The smallest absolute Gasteiger partial charge is 0.0852 e. The van der Waals surface area contributed by atoms with Gasteiger partial charge in [0.25, 0.3) is 0 Å². The number of aliphatic hydroxyl groups excluding tert-OH is 1. The van der Waals surface area contributed by atoms with Gasteiger partial charge in [0.1, 0.15) is 0 Å². The molecule has 1 rings (SSSR count). The van der Waals surface area contributed by atoms with Gasteiger partial charge in [-0.3, -0.25) is 4.98 Å². The van der Waals surface area contributed by atoms with Crippen molar-refractivity contribution in [1.29, 1.82) is 0 Å². The Morgan fingerprint density at radius 3 is 2.67 bits per heavy atom. The van der Waals surface area contributed by atoms with Gasteiger partial charge in [0, 0.05) is 18.8 Å². The molecule has 12 heavy (non-hydrogen) atoms. The van der Waals surface area contributed by atoms with E-state index in [1.54, 1.807) is 12.3 Å². The van der Waals surface area contributed by atoms with Crippen molar-refractivity contribution in [3.8, 4) is 0 Å². The van der Waals surface area contributed by atoms with E-state index in [1.165, 1.54) is 0 Å². The zero-order valence-electron chi connectivity index (χ0n) is 6.77. The second-order valence-electron chi connectivity index (χ2n) is 2.58. The lowest BCUT2D eigenvalue weighted by Crippen LogP contribution is -2.20. The third-order valence-electron chi connectivity index (χ3n) is 1.69. The molecule has 0 spiro atoms. The summed E-state index contributed by atoms with van der Waals surface area (Å²) in [6.45, 7) is 0.359. The first-order valence-corrected chi connectivity index (χ1v) is 3.79. The highest BCUT2D eigenvalue weighted by Gasteiger charge is 2.02. The Bertz CT molecular complexity index is 235. The molecule has 4 nitrogen and oxygen atoms in total. The fraction of sp³-hybridized carbons (Fsp3) is 0.375. The molecule has 0 aliphatic heterocycles. The van der Waals surface area contributed by atoms with E-state index < -0.39 is 0 Å². The predicted octanol–water partition coefficient (Wildman–Crippen LogP) is -0.468. The van der Waals surface area contributed by atoms with E-state index >= 15 is 0 Å². The van der Waals surface area contributed by atoms with Crippen LogP contribution in [0, 0.1) is 0 Å². The molecule has 1 heterocycles. The van der Waals surface area contributed by atoms with Crippen LogP contribution in [0.5, 0.6) is 0 Å². The second kappa shape index (κ2) is 4.15. The maximum absolute atomic E-state index is 8.71. The van der Waals surface area contributed by atoms with Crippen LogP contribution in [0.1, 0.15) is 17.3 Å². The standard InChI is InChI=1S/C8H13N3O/c9-3-8(10)6-1-2-7(5-12)11-4-6/h1-2,4,8,12H,3,5,9-10H2/t8-/m1/s1. The van der Waals surface area contributed by atoms with E-state index in [9.17, 15) is 0 Å². The number of hydrogen-bond acceptors (Lipinski definition) is 4. The largest absolute Gasteiger partial charge is 0.390 e. The zero-order valence-corrected chi connectivity index (χ0v) is 6.77. The van der Waals surface area contributed by atoms with Crippen molar-refractivity contribution in [2.24, 2.45) is 11.5 Å². The number of aliphatic hydroxyl groups is 1. The molecule has 4 heteroatoms. The number of nitrogens with two attached hydrogens (primary N) is 2. The van der Waals surface area contributed by atoms with Crippen LogP contribution in [-0.2, 0) is 6.61 Å². The molecule has 0 radical (unpaired) electrons. The van der Waals surface area contributed by atoms with Crippen LogP contribution in [-0.4, -0.2) is 16.6 Å². The van der Waals surface area contributed by atoms with Crippen LogP contribution in [0.3, 0.4) is 0 Å². The van der Waals surface area contributed by atoms with Crippen molar-refractivity contribution in [2.45, 2.75) is 12.6 Å². The number of aromatic nitrogens is 1. The molecule has 0 unspecified atom stereocenters. The monoisotopic (exact) mass is 167 g/mol. The van der Waals surface area contributed by atoms with E-state index in [0.29, 0.717) is 12.2 Å². The molecule has 0 aliphatic carbocycles. The minimum absolute atomic E-state index is 0.0435. The number of nitrogens with zero attached hydrogens (tertiary/aromatic N) is 1. The first kappa shape index (κ1) is 9.12. The third kappa shape index (κ3) is 2.01. The van der Waals surface area contributed by atoms with Gasteiger partial charge >= 0.3 is 0 Å². The molecular formula is C8H13N3O. The van der Waals surface area contributed by atoms with Gasteiger partial charge in [-0.25, -0.2) is 0 Å². The minimum Gasteiger partial charge on any atom is -0.390 e. The van der Waals surface area contributed by atoms with Crippen LogP contribution in [0.4, 0.5) is 0 Å². The fourth-order valence-electron chi connectivity index (χ4n) is 0.885. The molecule has 0 saturated carbocycles. The SMILES string of the molecule is NC[C@@H](N)c1ccc(CO)nc1. The Hall–Kier alpha value is -0.970. The first-order chi connectivity index (χ1) is 5.77. The summed E-state index contributed by atoms with van der Waals surface area (Å²) >= 11 is 0. The third-order valence-corrected chi connectivity index (χ3v) is 1.69. The summed E-state index contributed by atoms with van der Waals surface area (Å²) in [5.74, 6) is 0. The summed E-state index contributed by atoms with van der Waals surface area (Å²) in [5, 5.41) is 8.71. The van der Waals surface area contributed by atoms with Gasteiger partial charge in [0.15, 0.2) is 0 Å². The average Bonchev–Trinajstić information content (AvgIpc) is 2.17. The van der Waals surface area contributed by atoms with Gasteiger partial charge in [-0.2, -0.15) is 0 Å². The molecule has 1 atom stereocenters. The van der Waals surface area contributed by atoms with E-state index in [4.69, 9.17) is 16.6 Å². The second-order valence-corrected chi connectivity index (χ2v) is 2.58. The predicted molar refractivity (Wildman–Crippen MR) is 46.1 cm³/mol. The summed E-state index contributed by atoms with van der Waals surface area (Å²) in [6.07, 6.45) is 1.64. The molecule has 1 aromatic heterocycles. The van der Waals surface area contributed by atoms with Gasteiger partial charge in [-0.05, 0) is 11.6 Å². The number of pyridine rings is 1. The Labute approximate surface area is 71.2 Å². The van der Waals surface area contributed by atoms with E-state index in [1.807, 2.05) is 6.07 Å². The quantitative estimate of drug-likeness (QED) is 0.568. The van der Waals surface area contributed by atoms with Crippen molar-refractivity contribution in [3.63, 3.8) is 0 Å². The molecule has 5 N–H and O–H groups in total. The maximum atomic E-state index is 8.71. The normalized spacial score (nSPS) is 12.9. The van der Waals surface area contributed by atoms with Crippen molar-refractivity contribution in [1.82, 2.24) is 4.98 Å². The Balaban J connectivity index is 2.77. The van der Waals surface area contributed by atoms with Crippen LogP contribution >= 0.6 is 0 Å². The fourth-order valence-corrected chi connectivity index (χ4v) is 0.885. The number of hydrogen-bond donors (Lipinski definition) is 3. The van der Waals surface area contributed by atoms with Crippen LogP contribution in [0.25, 0.3) is 0 Å². The Kier molecular flexibility index (Phi) is 3.16. The Morgan fingerprint density at radius 1 is 1.50 bits per heavy atom. The highest BCUT2D eigenvalue weighted by Crippen LogP contribution is 2.07. The van der Waals surface area contributed by atoms with Crippen LogP contribution < -0.4 is 11.5 Å². The zero-order chi connectivity index (χ0) is 8.97. The molecular weight excluding hydrogens is 154 g/mol. The summed E-state index contributed by atoms with van der Waals surface area (Å²) in [6, 6.07) is 3.41. The Morgan fingerprint density at radius 2 is 2.25 bits per heavy atom. The van der Waals surface area contributed by atoms with Gasteiger partial charge in [0.2, 0.25) is 0 Å². The number of rotatable bonds is 3. The molecule has 0 aromatic carbocycles. The van der Waals surface area contributed by atoms with E-state index in [-0.39, 0.29) is 12.6 Å². The van der Waals surface area contributed by atoms with Gasteiger partial charge in [0.05, 0.1) is 12.3 Å². The summed E-state index contributed by atoms with van der Waals surface area (Å²) in [4.78, 5) is 3.98. The van der Waals surface area contributed by atoms with Crippen molar-refractivity contribution in [2.75, 3.05) is 6.54 Å². The van der Waals surface area contributed by atoms with Crippen molar-refractivity contribution >= 4 is 0 Å². The first-order valence-electron chi connectivity index (χ1n) is 3.79. The molecule has 0 saturated heterocycles. The molecule has 0 amide bonds. The van der Waals surface area contributed by atoms with Crippen molar-refractivity contribution < 1.29 is 5.11 Å². The van der Waals surface area contributed by atoms with E-state index in [0.717, 1.165) is 5.56 Å². The molecule has 0 aliphatic rings. The summed E-state index contributed by atoms with van der Waals surface area (Å²) in [7, 11) is 0. The lowest BCUT2D eigenvalue weighted by molar-refractivity contribution is 0.277. The molecule has 1 aromatic rings. The highest BCUT2D eigenvalue weighted by atomic mass is 16.3. The minimum atomic E-state index is -0.162. The van der Waals surface area contributed by atoms with Crippen LogP contribution in [0.15, 0.2) is 18.3 Å². The topological polar surface area (TPSA) is 85.2 Å². The highest BCUT2D eigenvalue weighted by molar-refractivity contribution is 5.17. The molecule has 0 bridgehead atoms. The average molecular weight is 167 g/mol. The van der Waals surface area contributed by atoms with E-state index in [2.05, 4.69) is 4.98 Å². The molecule has 0 fully saturated rings.